The van der Waals surface area contributed by atoms with Crippen LogP contribution >= 0.6 is 0 Å². The van der Waals surface area contributed by atoms with Gasteiger partial charge in [-0.15, -0.1) is 0 Å². The molecule has 3 heteroatoms. The van der Waals surface area contributed by atoms with Crippen LogP contribution in [0.25, 0.3) is 0 Å². The molecule has 0 aliphatic heterocycles. The number of Topliss-reactive ketones (excluding diaryl/α,β-unsaturated/α-hetero) is 1. The molecule has 0 heterocycles. The molecule has 0 amide bonds. The maximum absolute atomic E-state index is 11.8. The van der Waals surface area contributed by atoms with E-state index in [-0.39, 0.29) is 5.78 Å². The number of carbonyl (C=O) groups excluding carboxylic acids is 1. The Morgan fingerprint density at radius 2 is 2.00 bits per heavy atom. The molecule has 0 radical (unpaired) electrons. The number of benzene rings is 1. The van der Waals surface area contributed by atoms with Crippen molar-refractivity contribution in [1.82, 2.24) is 0 Å². The number of anilines is 1. The zero-order valence-electron chi connectivity index (χ0n) is 13.2. The molecule has 1 aliphatic rings. The first kappa shape index (κ1) is 15.6. The molecule has 1 fully saturated rings. The van der Waals surface area contributed by atoms with E-state index in [1.54, 1.807) is 19.1 Å². The van der Waals surface area contributed by atoms with Crippen LogP contribution < -0.4 is 4.90 Å². The first-order chi connectivity index (χ1) is 10.1. The monoisotopic (exact) mass is 284 g/mol. The Balaban J connectivity index is 2.24. The van der Waals surface area contributed by atoms with Gasteiger partial charge in [0.25, 0.3) is 0 Å². The van der Waals surface area contributed by atoms with Gasteiger partial charge in [-0.05, 0) is 56.7 Å². The van der Waals surface area contributed by atoms with Crippen molar-refractivity contribution in [3.63, 3.8) is 0 Å². The zero-order chi connectivity index (χ0) is 15.4. The number of nitriles is 1. The lowest BCUT2D eigenvalue weighted by atomic mass is 9.83. The van der Waals surface area contributed by atoms with Gasteiger partial charge in [-0.2, -0.15) is 5.26 Å². The Kier molecular flexibility index (Phi) is 5.01. The summed E-state index contributed by atoms with van der Waals surface area (Å²) < 4.78 is 0. The molecule has 112 valence electrons. The van der Waals surface area contributed by atoms with Gasteiger partial charge >= 0.3 is 0 Å². The van der Waals surface area contributed by atoms with Crippen LogP contribution in [0.4, 0.5) is 5.69 Å². The van der Waals surface area contributed by atoms with Crippen molar-refractivity contribution >= 4 is 11.5 Å². The van der Waals surface area contributed by atoms with Crippen molar-refractivity contribution in [2.24, 2.45) is 5.92 Å². The average Bonchev–Trinajstić information content (AvgIpc) is 2.53. The molecule has 0 saturated heterocycles. The van der Waals surface area contributed by atoms with Crippen molar-refractivity contribution in [3.8, 4) is 6.07 Å². The molecule has 1 aliphatic carbocycles. The Morgan fingerprint density at radius 3 is 2.52 bits per heavy atom. The van der Waals surface area contributed by atoms with Crippen LogP contribution in [-0.4, -0.2) is 18.9 Å². The normalized spacial score (nSPS) is 21.6. The van der Waals surface area contributed by atoms with Gasteiger partial charge in [-0.1, -0.05) is 13.3 Å². The second-order valence-corrected chi connectivity index (χ2v) is 6.09. The summed E-state index contributed by atoms with van der Waals surface area (Å²) in [6.07, 6.45) is 6.13. The third-order valence-electron chi connectivity index (χ3n) is 4.83. The van der Waals surface area contributed by atoms with Crippen LogP contribution in [0, 0.1) is 17.2 Å². The summed E-state index contributed by atoms with van der Waals surface area (Å²) >= 11 is 0. The van der Waals surface area contributed by atoms with Crippen LogP contribution in [0.5, 0.6) is 0 Å². The molecule has 3 nitrogen and oxygen atoms in total. The van der Waals surface area contributed by atoms with E-state index in [1.807, 2.05) is 6.07 Å². The van der Waals surface area contributed by atoms with E-state index in [0.717, 1.165) is 11.6 Å². The maximum atomic E-state index is 11.8. The molecule has 1 aromatic carbocycles. The second-order valence-electron chi connectivity index (χ2n) is 6.09. The predicted octanol–water partition coefficient (Wildman–Crippen LogP) is 4.17. The maximum Gasteiger partial charge on any atom is 0.161 e. The fraction of sp³-hybridized carbons (Fsp3) is 0.556. The highest BCUT2D eigenvalue weighted by Gasteiger charge is 2.25. The topological polar surface area (TPSA) is 44.1 Å². The molecule has 0 bridgehead atoms. The van der Waals surface area contributed by atoms with Crippen molar-refractivity contribution in [2.75, 3.05) is 11.9 Å². The van der Waals surface area contributed by atoms with E-state index < -0.39 is 0 Å². The fourth-order valence-electron chi connectivity index (χ4n) is 3.33. The molecule has 0 N–H and O–H groups in total. The van der Waals surface area contributed by atoms with E-state index in [0.29, 0.717) is 17.2 Å². The summed E-state index contributed by atoms with van der Waals surface area (Å²) in [6, 6.07) is 8.00. The Morgan fingerprint density at radius 1 is 1.33 bits per heavy atom. The van der Waals surface area contributed by atoms with Gasteiger partial charge in [0, 0.05) is 24.3 Å². The largest absolute Gasteiger partial charge is 0.371 e. The third-order valence-corrected chi connectivity index (χ3v) is 4.83. The summed E-state index contributed by atoms with van der Waals surface area (Å²) in [7, 11) is 2.06. The van der Waals surface area contributed by atoms with Crippen LogP contribution in [0.15, 0.2) is 18.2 Å². The Bertz CT molecular complexity index is 551. The summed E-state index contributed by atoms with van der Waals surface area (Å²) in [5.41, 5.74) is 2.24. The van der Waals surface area contributed by atoms with Gasteiger partial charge < -0.3 is 4.90 Å². The molecule has 0 atom stereocenters. The van der Waals surface area contributed by atoms with E-state index in [1.165, 1.54) is 32.1 Å². The van der Waals surface area contributed by atoms with Crippen molar-refractivity contribution in [1.29, 1.82) is 5.26 Å². The Hall–Kier alpha value is -1.82. The lowest BCUT2D eigenvalue weighted by Gasteiger charge is -2.36. The molecule has 0 unspecified atom stereocenters. The van der Waals surface area contributed by atoms with Gasteiger partial charge in [-0.25, -0.2) is 0 Å². The van der Waals surface area contributed by atoms with E-state index in [4.69, 9.17) is 5.26 Å². The van der Waals surface area contributed by atoms with Gasteiger partial charge in [0.2, 0.25) is 0 Å². The minimum atomic E-state index is 0.0589. The first-order valence-corrected chi connectivity index (χ1v) is 7.84. The van der Waals surface area contributed by atoms with Crippen LogP contribution in [-0.2, 0) is 0 Å². The van der Waals surface area contributed by atoms with Crippen molar-refractivity contribution < 1.29 is 4.79 Å². The number of hydrogen-bond acceptors (Lipinski definition) is 3. The minimum Gasteiger partial charge on any atom is -0.371 e. The zero-order valence-corrected chi connectivity index (χ0v) is 13.2. The molecule has 1 aromatic rings. The molecule has 0 spiro atoms. The van der Waals surface area contributed by atoms with Gasteiger partial charge in [0.1, 0.15) is 0 Å². The van der Waals surface area contributed by atoms with E-state index in [9.17, 15) is 4.79 Å². The average molecular weight is 284 g/mol. The molecule has 2 rings (SSSR count). The quantitative estimate of drug-likeness (QED) is 0.780. The highest BCUT2D eigenvalue weighted by Crippen LogP contribution is 2.33. The summed E-state index contributed by atoms with van der Waals surface area (Å²) in [4.78, 5) is 14.1. The van der Waals surface area contributed by atoms with Crippen molar-refractivity contribution in [3.05, 3.63) is 29.3 Å². The fourth-order valence-corrected chi connectivity index (χ4v) is 3.33. The standard InChI is InChI=1S/C18H24N2O/c1-4-14-5-8-16(9-6-14)20(3)18-11-15(12-19)7-10-17(18)13(2)21/h7,10-11,14,16H,4-6,8-9H2,1-3H3. The first-order valence-electron chi connectivity index (χ1n) is 7.84. The summed E-state index contributed by atoms with van der Waals surface area (Å²) in [5.74, 6) is 0.913. The van der Waals surface area contributed by atoms with Gasteiger partial charge in [0.15, 0.2) is 5.78 Å². The van der Waals surface area contributed by atoms with E-state index >= 15 is 0 Å². The summed E-state index contributed by atoms with van der Waals surface area (Å²) in [5, 5.41) is 9.10. The van der Waals surface area contributed by atoms with Gasteiger partial charge in [0.05, 0.1) is 11.6 Å². The number of hydrogen-bond donors (Lipinski definition) is 0. The molecular weight excluding hydrogens is 260 g/mol. The third kappa shape index (κ3) is 3.44. The number of rotatable bonds is 4. The lowest BCUT2D eigenvalue weighted by Crippen LogP contribution is -2.36. The second kappa shape index (κ2) is 6.76. The smallest absolute Gasteiger partial charge is 0.161 e. The Labute approximate surface area is 127 Å². The van der Waals surface area contributed by atoms with Gasteiger partial charge in [-0.3, -0.25) is 4.79 Å². The van der Waals surface area contributed by atoms with Crippen LogP contribution in [0.1, 0.15) is 61.9 Å². The van der Waals surface area contributed by atoms with E-state index in [2.05, 4.69) is 24.9 Å². The summed E-state index contributed by atoms with van der Waals surface area (Å²) in [6.45, 7) is 3.85. The predicted molar refractivity (Wildman–Crippen MR) is 85.6 cm³/mol. The number of nitrogens with zero attached hydrogens (tertiary/aromatic N) is 2. The van der Waals surface area contributed by atoms with Crippen molar-refractivity contribution in [2.45, 2.75) is 52.0 Å². The molecular formula is C18H24N2O. The highest BCUT2D eigenvalue weighted by atomic mass is 16.1. The highest BCUT2D eigenvalue weighted by molar-refractivity contribution is 6.00. The van der Waals surface area contributed by atoms with Crippen LogP contribution in [0.3, 0.4) is 0 Å². The minimum absolute atomic E-state index is 0.0589. The molecule has 21 heavy (non-hydrogen) atoms. The lowest BCUT2D eigenvalue weighted by molar-refractivity contribution is 0.101. The molecule has 0 aromatic heterocycles. The number of carbonyl (C=O) groups is 1. The van der Waals surface area contributed by atoms with Crippen LogP contribution in [0.2, 0.25) is 0 Å². The SMILES string of the molecule is CCC1CCC(N(C)c2cc(C#N)ccc2C(C)=O)CC1. The number of ketones is 1. The molecule has 1 saturated carbocycles.